The van der Waals surface area contributed by atoms with Gasteiger partial charge >= 0.3 is 0 Å². The molecule has 0 amide bonds. The molecule has 0 bridgehead atoms. The van der Waals surface area contributed by atoms with Crippen LogP contribution in [0.5, 0.6) is 0 Å². The van der Waals surface area contributed by atoms with Gasteiger partial charge in [0.05, 0.1) is 11.2 Å². The minimum absolute atomic E-state index is 0.285. The molecule has 2 N–H and O–H groups in total. The quantitative estimate of drug-likeness (QED) is 0.859. The maximum absolute atomic E-state index is 12.5. The number of rotatable bonds is 5. The SMILES string of the molecule is CCN(Cc1ccc(N)cc1)S(=O)(=O)c1cnc(C)s1. The third-order valence-corrected chi connectivity index (χ3v) is 6.16. The van der Waals surface area contributed by atoms with Crippen LogP contribution < -0.4 is 5.73 Å². The molecule has 0 aliphatic heterocycles. The standard InChI is InChI=1S/C13H17N3O2S2/c1-3-16(9-11-4-6-12(14)7-5-11)20(17,18)13-8-15-10(2)19-13/h4-8H,3,9,14H2,1-2H3. The smallest absolute Gasteiger partial charge is 0.254 e. The molecule has 0 aliphatic rings. The van der Waals surface area contributed by atoms with Gasteiger partial charge in [0, 0.05) is 18.8 Å². The summed E-state index contributed by atoms with van der Waals surface area (Å²) in [5.41, 5.74) is 7.20. The van der Waals surface area contributed by atoms with Gasteiger partial charge in [-0.25, -0.2) is 13.4 Å². The Balaban J connectivity index is 2.25. The molecule has 0 saturated carbocycles. The summed E-state index contributed by atoms with van der Waals surface area (Å²) >= 11 is 1.19. The molecular formula is C13H17N3O2S2. The summed E-state index contributed by atoms with van der Waals surface area (Å²) in [4.78, 5) is 4.01. The molecule has 0 saturated heterocycles. The molecule has 108 valence electrons. The first-order chi connectivity index (χ1) is 9.43. The highest BCUT2D eigenvalue weighted by Crippen LogP contribution is 2.23. The molecule has 1 aromatic carbocycles. The molecule has 5 nitrogen and oxygen atoms in total. The number of sulfonamides is 1. The summed E-state index contributed by atoms with van der Waals surface area (Å²) in [6.07, 6.45) is 1.42. The Bertz CT molecular complexity index is 678. The van der Waals surface area contributed by atoms with Gasteiger partial charge in [-0.3, -0.25) is 0 Å². The van der Waals surface area contributed by atoms with Crippen LogP contribution in [0.1, 0.15) is 17.5 Å². The second-order valence-electron chi connectivity index (χ2n) is 4.37. The van der Waals surface area contributed by atoms with E-state index in [1.54, 1.807) is 19.1 Å². The van der Waals surface area contributed by atoms with Crippen molar-refractivity contribution < 1.29 is 8.42 Å². The van der Waals surface area contributed by atoms with Crippen molar-refractivity contribution in [2.75, 3.05) is 12.3 Å². The first-order valence-corrected chi connectivity index (χ1v) is 8.46. The van der Waals surface area contributed by atoms with Gasteiger partial charge in [-0.2, -0.15) is 4.31 Å². The Labute approximate surface area is 123 Å². The third-order valence-electron chi connectivity index (χ3n) is 2.89. The Morgan fingerprint density at radius 3 is 2.45 bits per heavy atom. The normalized spacial score (nSPS) is 11.9. The van der Waals surface area contributed by atoms with Crippen LogP contribution in [0.25, 0.3) is 0 Å². The topological polar surface area (TPSA) is 76.3 Å². The fourth-order valence-corrected chi connectivity index (χ4v) is 4.48. The van der Waals surface area contributed by atoms with Gasteiger partial charge in [-0.15, -0.1) is 11.3 Å². The van der Waals surface area contributed by atoms with E-state index in [2.05, 4.69) is 4.98 Å². The lowest BCUT2D eigenvalue weighted by atomic mass is 10.2. The maximum Gasteiger partial charge on any atom is 0.254 e. The van der Waals surface area contributed by atoms with Crippen LogP contribution >= 0.6 is 11.3 Å². The fourth-order valence-electron chi connectivity index (χ4n) is 1.78. The van der Waals surface area contributed by atoms with E-state index >= 15 is 0 Å². The number of hydrogen-bond acceptors (Lipinski definition) is 5. The van der Waals surface area contributed by atoms with E-state index < -0.39 is 10.0 Å². The van der Waals surface area contributed by atoms with E-state index in [1.807, 2.05) is 19.1 Å². The van der Waals surface area contributed by atoms with E-state index in [9.17, 15) is 8.42 Å². The highest BCUT2D eigenvalue weighted by Gasteiger charge is 2.25. The number of hydrogen-bond donors (Lipinski definition) is 1. The fraction of sp³-hybridized carbons (Fsp3) is 0.308. The number of aromatic nitrogens is 1. The van der Waals surface area contributed by atoms with Gasteiger partial charge in [0.25, 0.3) is 10.0 Å². The summed E-state index contributed by atoms with van der Waals surface area (Å²) < 4.78 is 26.8. The van der Waals surface area contributed by atoms with Crippen molar-refractivity contribution in [3.8, 4) is 0 Å². The number of nitrogen functional groups attached to an aromatic ring is 1. The highest BCUT2D eigenvalue weighted by atomic mass is 32.2. The molecule has 0 radical (unpaired) electrons. The lowest BCUT2D eigenvalue weighted by molar-refractivity contribution is 0.425. The van der Waals surface area contributed by atoms with Crippen molar-refractivity contribution in [2.45, 2.75) is 24.6 Å². The Morgan fingerprint density at radius 1 is 1.30 bits per heavy atom. The number of benzene rings is 1. The number of anilines is 1. The predicted molar refractivity (Wildman–Crippen MR) is 81.0 cm³/mol. The van der Waals surface area contributed by atoms with Crippen LogP contribution in [0.15, 0.2) is 34.7 Å². The second-order valence-corrected chi connectivity index (χ2v) is 7.77. The van der Waals surface area contributed by atoms with Gasteiger partial charge in [0.2, 0.25) is 0 Å². The zero-order chi connectivity index (χ0) is 14.8. The molecule has 2 aromatic rings. The van der Waals surface area contributed by atoms with Crippen LogP contribution in [-0.4, -0.2) is 24.3 Å². The Hall–Kier alpha value is -1.44. The summed E-state index contributed by atoms with van der Waals surface area (Å²) in [7, 11) is -3.48. The minimum atomic E-state index is -3.48. The maximum atomic E-state index is 12.5. The second kappa shape index (κ2) is 5.90. The monoisotopic (exact) mass is 311 g/mol. The summed E-state index contributed by atoms with van der Waals surface area (Å²) in [5.74, 6) is 0. The molecular weight excluding hydrogens is 294 g/mol. The van der Waals surface area contributed by atoms with Crippen molar-refractivity contribution in [2.24, 2.45) is 0 Å². The average Bonchev–Trinajstić information content (AvgIpc) is 2.85. The molecule has 0 aliphatic carbocycles. The van der Waals surface area contributed by atoms with E-state index in [1.165, 1.54) is 21.8 Å². The number of nitrogens with two attached hydrogens (primary N) is 1. The van der Waals surface area contributed by atoms with E-state index in [-0.39, 0.29) is 4.21 Å². The van der Waals surface area contributed by atoms with Crippen molar-refractivity contribution in [1.29, 1.82) is 0 Å². The average molecular weight is 311 g/mol. The third kappa shape index (κ3) is 3.17. The van der Waals surface area contributed by atoms with Crippen LogP contribution in [0.4, 0.5) is 5.69 Å². The summed E-state index contributed by atoms with van der Waals surface area (Å²) in [5, 5.41) is 0.743. The van der Waals surface area contributed by atoms with Crippen molar-refractivity contribution >= 4 is 27.0 Å². The van der Waals surface area contributed by atoms with E-state index in [0.717, 1.165) is 10.6 Å². The zero-order valence-electron chi connectivity index (χ0n) is 11.4. The van der Waals surface area contributed by atoms with Gasteiger partial charge in [-0.05, 0) is 24.6 Å². The van der Waals surface area contributed by atoms with Crippen molar-refractivity contribution in [3.05, 3.63) is 41.0 Å². The lowest BCUT2D eigenvalue weighted by Crippen LogP contribution is -2.29. The molecule has 0 unspecified atom stereocenters. The number of nitrogens with zero attached hydrogens (tertiary/aromatic N) is 2. The van der Waals surface area contributed by atoms with Crippen molar-refractivity contribution in [1.82, 2.24) is 9.29 Å². The van der Waals surface area contributed by atoms with Crippen LogP contribution in [0, 0.1) is 6.92 Å². The van der Waals surface area contributed by atoms with Gasteiger partial charge in [0.15, 0.2) is 4.21 Å². The van der Waals surface area contributed by atoms with Gasteiger partial charge in [0.1, 0.15) is 0 Å². The molecule has 20 heavy (non-hydrogen) atoms. The molecule has 0 fully saturated rings. The van der Waals surface area contributed by atoms with Crippen molar-refractivity contribution in [3.63, 3.8) is 0 Å². The van der Waals surface area contributed by atoms with Gasteiger partial charge in [-0.1, -0.05) is 19.1 Å². The summed E-state index contributed by atoms with van der Waals surface area (Å²) in [6, 6.07) is 7.22. The van der Waals surface area contributed by atoms with E-state index in [4.69, 9.17) is 5.73 Å². The highest BCUT2D eigenvalue weighted by molar-refractivity contribution is 7.91. The molecule has 7 heteroatoms. The van der Waals surface area contributed by atoms with E-state index in [0.29, 0.717) is 18.8 Å². The predicted octanol–water partition coefficient (Wildman–Crippen LogP) is 2.24. The van der Waals surface area contributed by atoms with Crippen LogP contribution in [-0.2, 0) is 16.6 Å². The molecule has 0 atom stereocenters. The molecule has 0 spiro atoms. The summed E-state index contributed by atoms with van der Waals surface area (Å²) in [6.45, 7) is 4.35. The first-order valence-electron chi connectivity index (χ1n) is 6.20. The number of aryl methyl sites for hydroxylation is 1. The van der Waals surface area contributed by atoms with Gasteiger partial charge < -0.3 is 5.73 Å². The lowest BCUT2D eigenvalue weighted by Gasteiger charge is -2.19. The van der Waals surface area contributed by atoms with Crippen LogP contribution in [0.3, 0.4) is 0 Å². The zero-order valence-corrected chi connectivity index (χ0v) is 13.0. The minimum Gasteiger partial charge on any atom is -0.399 e. The largest absolute Gasteiger partial charge is 0.399 e. The molecule has 1 heterocycles. The molecule has 1 aromatic heterocycles. The first kappa shape index (κ1) is 15.0. The van der Waals surface area contributed by atoms with Crippen LogP contribution in [0.2, 0.25) is 0 Å². The number of thiazole rings is 1. The Morgan fingerprint density at radius 2 is 1.95 bits per heavy atom. The molecule has 2 rings (SSSR count). The Kier molecular flexibility index (Phi) is 4.42.